The zero-order chi connectivity index (χ0) is 26.4. The van der Waals surface area contributed by atoms with Crippen LogP contribution in [0.1, 0.15) is 44.4 Å². The zero-order valence-corrected chi connectivity index (χ0v) is 20.6. The van der Waals surface area contributed by atoms with E-state index in [2.05, 4.69) is 21.0 Å². The molecule has 3 heterocycles. The molecule has 1 aliphatic heterocycles. The van der Waals surface area contributed by atoms with Crippen LogP contribution < -0.4 is 10.5 Å². The highest BCUT2D eigenvalue weighted by Gasteiger charge is 2.37. The maximum absolute atomic E-state index is 14.8. The molecule has 0 radical (unpaired) electrons. The highest BCUT2D eigenvalue weighted by molar-refractivity contribution is 5.88. The number of nitrogens with zero attached hydrogens (tertiary/aromatic N) is 6. The van der Waals surface area contributed by atoms with Crippen LogP contribution in [0, 0.1) is 17.1 Å². The average Bonchev–Trinajstić information content (AvgIpc) is 3.25. The number of halogens is 4. The van der Waals surface area contributed by atoms with E-state index in [4.69, 9.17) is 5.26 Å². The van der Waals surface area contributed by atoms with E-state index in [1.807, 2.05) is 13.8 Å². The molecule has 1 saturated heterocycles. The van der Waals surface area contributed by atoms with Crippen molar-refractivity contribution in [3.63, 3.8) is 0 Å². The number of anilines is 1. The Morgan fingerprint density at radius 1 is 1.25 bits per heavy atom. The van der Waals surface area contributed by atoms with Gasteiger partial charge in [0, 0.05) is 49.9 Å². The fourth-order valence-electron chi connectivity index (χ4n) is 5.07. The molecule has 11 heteroatoms. The lowest BCUT2D eigenvalue weighted by Crippen LogP contribution is -2.58. The molecule has 3 atom stereocenters. The first-order chi connectivity index (χ1) is 17.0. The average molecular weight is 505 g/mol. The van der Waals surface area contributed by atoms with E-state index in [9.17, 15) is 22.4 Å². The summed E-state index contributed by atoms with van der Waals surface area (Å²) in [4.78, 5) is 16.9. The van der Waals surface area contributed by atoms with Gasteiger partial charge in [-0.1, -0.05) is 13.0 Å². The van der Waals surface area contributed by atoms with Gasteiger partial charge >= 0.3 is 6.18 Å². The molecule has 4 rings (SSSR count). The molecule has 0 saturated carbocycles. The molecule has 1 aromatic carbocycles. The molecule has 0 spiro atoms. The normalized spacial score (nSPS) is 20.0. The van der Waals surface area contributed by atoms with Gasteiger partial charge in [0.1, 0.15) is 17.9 Å². The number of fused-ring (bicyclic) bond motifs is 1. The smallest absolute Gasteiger partial charge is 0.364 e. The minimum Gasteiger partial charge on any atom is -0.364 e. The third-order valence-electron chi connectivity index (χ3n) is 7.11. The molecule has 1 aliphatic rings. The van der Waals surface area contributed by atoms with Crippen molar-refractivity contribution in [2.75, 3.05) is 18.0 Å². The van der Waals surface area contributed by atoms with E-state index in [1.165, 1.54) is 15.3 Å². The van der Waals surface area contributed by atoms with Gasteiger partial charge in [0.25, 0.3) is 5.56 Å². The molecule has 0 N–H and O–H groups in total. The van der Waals surface area contributed by atoms with Crippen LogP contribution >= 0.6 is 0 Å². The van der Waals surface area contributed by atoms with Crippen molar-refractivity contribution in [1.29, 1.82) is 5.26 Å². The Morgan fingerprint density at radius 3 is 2.58 bits per heavy atom. The molecule has 0 unspecified atom stereocenters. The topological polar surface area (TPSA) is 70.1 Å². The number of alkyl halides is 3. The second-order valence-corrected chi connectivity index (χ2v) is 9.32. The summed E-state index contributed by atoms with van der Waals surface area (Å²) in [7, 11) is 1.66. The molecule has 0 aliphatic carbocycles. The van der Waals surface area contributed by atoms with Crippen LogP contribution in [0.3, 0.4) is 0 Å². The largest absolute Gasteiger partial charge is 0.416 e. The van der Waals surface area contributed by atoms with E-state index in [-0.39, 0.29) is 29.8 Å². The lowest BCUT2D eigenvalue weighted by atomic mass is 9.97. The summed E-state index contributed by atoms with van der Waals surface area (Å²) in [6.07, 6.45) is -2.21. The highest BCUT2D eigenvalue weighted by atomic mass is 19.4. The van der Waals surface area contributed by atoms with Crippen LogP contribution in [0.4, 0.5) is 23.2 Å². The Labute approximate surface area is 206 Å². The summed E-state index contributed by atoms with van der Waals surface area (Å²) in [5.41, 5.74) is 0.917. The van der Waals surface area contributed by atoms with Gasteiger partial charge in [0.05, 0.1) is 29.0 Å². The van der Waals surface area contributed by atoms with Gasteiger partial charge in [0.15, 0.2) is 0 Å². The van der Waals surface area contributed by atoms with E-state index in [0.29, 0.717) is 42.3 Å². The molecule has 192 valence electrons. The fraction of sp³-hybridized carbons (Fsp3) is 0.480. The van der Waals surface area contributed by atoms with Gasteiger partial charge < -0.3 is 9.47 Å². The quantitative estimate of drug-likeness (QED) is 0.480. The number of aryl methyl sites for hydroxylation is 1. The van der Waals surface area contributed by atoms with Gasteiger partial charge in [-0.05, 0) is 32.4 Å². The van der Waals surface area contributed by atoms with Gasteiger partial charge in [-0.25, -0.2) is 4.39 Å². The molecule has 7 nitrogen and oxygen atoms in total. The van der Waals surface area contributed by atoms with Crippen LogP contribution in [0.15, 0.2) is 35.3 Å². The third kappa shape index (κ3) is 4.57. The van der Waals surface area contributed by atoms with Crippen molar-refractivity contribution in [3.8, 4) is 6.07 Å². The molecular weight excluding hydrogens is 476 g/mol. The third-order valence-corrected chi connectivity index (χ3v) is 7.11. The molecule has 1 fully saturated rings. The Kier molecular flexibility index (Phi) is 6.84. The molecule has 3 aromatic rings. The van der Waals surface area contributed by atoms with Crippen molar-refractivity contribution in [1.82, 2.24) is 19.2 Å². The highest BCUT2D eigenvalue weighted by Crippen LogP contribution is 2.36. The van der Waals surface area contributed by atoms with Crippen molar-refractivity contribution >= 4 is 16.7 Å². The Morgan fingerprint density at radius 2 is 1.97 bits per heavy atom. The van der Waals surface area contributed by atoms with E-state index < -0.39 is 23.6 Å². The second kappa shape index (κ2) is 9.58. The lowest BCUT2D eigenvalue weighted by Gasteiger charge is -2.48. The Balaban J connectivity index is 1.67. The summed E-state index contributed by atoms with van der Waals surface area (Å²) in [6, 6.07) is 5.71. The number of piperazine rings is 1. The maximum Gasteiger partial charge on any atom is 0.416 e. The number of benzene rings is 1. The Hall–Kier alpha value is -3.39. The predicted octanol–water partition coefficient (Wildman–Crippen LogP) is 4.47. The van der Waals surface area contributed by atoms with Crippen LogP contribution in [0.2, 0.25) is 0 Å². The van der Waals surface area contributed by atoms with E-state index >= 15 is 0 Å². The van der Waals surface area contributed by atoms with Crippen LogP contribution in [0.5, 0.6) is 0 Å². The monoisotopic (exact) mass is 504 g/mol. The number of nitriles is 1. The van der Waals surface area contributed by atoms with Gasteiger partial charge in [-0.3, -0.25) is 14.4 Å². The minimum atomic E-state index is -4.60. The zero-order valence-electron chi connectivity index (χ0n) is 20.6. The summed E-state index contributed by atoms with van der Waals surface area (Å²) < 4.78 is 56.8. The summed E-state index contributed by atoms with van der Waals surface area (Å²) in [5.74, 6) is -0.876. The first-order valence-electron chi connectivity index (χ1n) is 11.8. The SMILES string of the molecule is CC[C@@H]1CN(c2cc(=O)n(C)c3cn(CC#N)nc23)[C@@H](C)CN1[C@@H](C)c1ccc(C(F)(F)F)cc1F. The van der Waals surface area contributed by atoms with Crippen molar-refractivity contribution < 1.29 is 17.6 Å². The summed E-state index contributed by atoms with van der Waals surface area (Å²) in [6.45, 7) is 6.89. The molecular formula is C25H28F4N6O. The molecule has 36 heavy (non-hydrogen) atoms. The molecule has 2 aromatic heterocycles. The fourth-order valence-corrected chi connectivity index (χ4v) is 5.07. The standard InChI is InChI=1S/C25H28F4N6O/c1-5-18-13-34(21-11-23(36)32(4)22-14-33(9-8-30)31-24(21)22)15(2)12-35(18)16(3)19-7-6-17(10-20(19)26)25(27,28)29/h6-7,10-11,14-16,18H,5,9,12-13H2,1-4H3/t15-,16-,18+/m0/s1. The first-order valence-corrected chi connectivity index (χ1v) is 11.8. The summed E-state index contributed by atoms with van der Waals surface area (Å²) in [5, 5.41) is 13.6. The van der Waals surface area contributed by atoms with Gasteiger partial charge in [0.2, 0.25) is 0 Å². The van der Waals surface area contributed by atoms with Crippen LogP contribution in [-0.4, -0.2) is 44.4 Å². The second-order valence-electron chi connectivity index (χ2n) is 9.32. The van der Waals surface area contributed by atoms with Crippen molar-refractivity contribution in [3.05, 3.63) is 57.8 Å². The van der Waals surface area contributed by atoms with E-state index in [1.54, 1.807) is 26.2 Å². The number of hydrogen-bond donors (Lipinski definition) is 0. The Bertz CT molecular complexity index is 1370. The van der Waals surface area contributed by atoms with E-state index in [0.717, 1.165) is 6.07 Å². The van der Waals surface area contributed by atoms with Crippen LogP contribution in [-0.2, 0) is 19.8 Å². The number of rotatable bonds is 5. The number of hydrogen-bond acceptors (Lipinski definition) is 5. The van der Waals surface area contributed by atoms with Crippen molar-refractivity contribution in [2.24, 2.45) is 7.05 Å². The minimum absolute atomic E-state index is 0.0433. The lowest BCUT2D eigenvalue weighted by molar-refractivity contribution is -0.137. The van der Waals surface area contributed by atoms with Crippen molar-refractivity contribution in [2.45, 2.75) is 58.0 Å². The predicted molar refractivity (Wildman–Crippen MR) is 128 cm³/mol. The van der Waals surface area contributed by atoms with Crippen LogP contribution in [0.25, 0.3) is 11.0 Å². The summed E-state index contributed by atoms with van der Waals surface area (Å²) >= 11 is 0. The first kappa shape index (κ1) is 25.7. The molecule has 0 bridgehead atoms. The number of pyridine rings is 1. The van der Waals surface area contributed by atoms with Gasteiger partial charge in [-0.15, -0.1) is 0 Å². The molecule has 0 amide bonds. The van der Waals surface area contributed by atoms with Gasteiger partial charge in [-0.2, -0.15) is 23.5 Å². The number of aromatic nitrogens is 3. The maximum atomic E-state index is 14.8.